The van der Waals surface area contributed by atoms with Crippen LogP contribution in [0, 0.1) is 5.82 Å². The fourth-order valence-corrected chi connectivity index (χ4v) is 3.87. The predicted molar refractivity (Wildman–Crippen MR) is 145 cm³/mol. The molecule has 14 heteroatoms. The smallest absolute Gasteiger partial charge is 0.271 e. The summed E-state index contributed by atoms with van der Waals surface area (Å²) >= 11 is 0. The summed E-state index contributed by atoms with van der Waals surface area (Å²) in [6.07, 6.45) is 2.77. The summed E-state index contributed by atoms with van der Waals surface area (Å²) in [6, 6.07) is 3.61. The largest absolute Gasteiger partial charge is 0.434 e. The van der Waals surface area contributed by atoms with Crippen molar-refractivity contribution in [2.24, 2.45) is 16.5 Å². The second-order valence-corrected chi connectivity index (χ2v) is 8.78. The van der Waals surface area contributed by atoms with E-state index in [0.29, 0.717) is 25.9 Å². The molecule has 11 nitrogen and oxygen atoms in total. The van der Waals surface area contributed by atoms with Crippen molar-refractivity contribution in [2.45, 2.75) is 38.7 Å². The fraction of sp³-hybridized carbons (Fsp3) is 0.346. The van der Waals surface area contributed by atoms with Crippen LogP contribution in [-0.2, 0) is 11.2 Å². The van der Waals surface area contributed by atoms with E-state index in [9.17, 15) is 22.8 Å². The fourth-order valence-electron chi connectivity index (χ4n) is 3.87. The third kappa shape index (κ3) is 8.27. The number of hydrogen-bond acceptors (Lipinski definition) is 9. The van der Waals surface area contributed by atoms with Crippen LogP contribution in [0.3, 0.4) is 0 Å². The quantitative estimate of drug-likeness (QED) is 0.227. The van der Waals surface area contributed by atoms with Gasteiger partial charge in [0.1, 0.15) is 5.69 Å². The summed E-state index contributed by atoms with van der Waals surface area (Å²) < 4.78 is 45.5. The van der Waals surface area contributed by atoms with Gasteiger partial charge in [0.25, 0.3) is 12.3 Å². The van der Waals surface area contributed by atoms with E-state index >= 15 is 0 Å². The van der Waals surface area contributed by atoms with E-state index < -0.39 is 24.1 Å². The van der Waals surface area contributed by atoms with Crippen molar-refractivity contribution in [1.82, 2.24) is 14.9 Å². The number of aryl methyl sites for hydroxylation is 1. The van der Waals surface area contributed by atoms with Gasteiger partial charge in [0.05, 0.1) is 18.3 Å². The van der Waals surface area contributed by atoms with Gasteiger partial charge in [-0.3, -0.25) is 19.5 Å². The monoisotopic (exact) mass is 560 g/mol. The van der Waals surface area contributed by atoms with Gasteiger partial charge in [-0.15, -0.1) is 0 Å². The van der Waals surface area contributed by atoms with Crippen LogP contribution in [0.1, 0.15) is 35.9 Å². The number of nitrogens with zero attached hydrogens (tertiary/aromatic N) is 4. The van der Waals surface area contributed by atoms with E-state index in [0.717, 1.165) is 12.1 Å². The number of rotatable bonds is 12. The number of ether oxygens (including phenoxy) is 1. The van der Waals surface area contributed by atoms with Gasteiger partial charge in [-0.1, -0.05) is 13.5 Å². The molecule has 1 aliphatic rings. The summed E-state index contributed by atoms with van der Waals surface area (Å²) in [5.41, 5.74) is 11.8. The SMILES string of the molecule is C=CC(=O)Nc1ccc(F)c(Oc2nc(NC(C=NC3CCN(CC(F)F)CC3)=CN)c(C(N)=O)nc2CC)c1. The number of primary amides is 1. The number of benzene rings is 1. The van der Waals surface area contributed by atoms with Crippen molar-refractivity contribution >= 4 is 29.5 Å². The average molecular weight is 561 g/mol. The third-order valence-corrected chi connectivity index (χ3v) is 5.91. The molecule has 0 saturated carbocycles. The number of hydrogen-bond donors (Lipinski definition) is 4. The zero-order chi connectivity index (χ0) is 29.2. The topological polar surface area (TPSA) is 161 Å². The van der Waals surface area contributed by atoms with Crippen molar-refractivity contribution in [3.63, 3.8) is 0 Å². The van der Waals surface area contributed by atoms with Crippen LogP contribution in [0.2, 0.25) is 0 Å². The summed E-state index contributed by atoms with van der Waals surface area (Å²) in [4.78, 5) is 38.5. The zero-order valence-corrected chi connectivity index (χ0v) is 21.9. The van der Waals surface area contributed by atoms with E-state index in [1.807, 2.05) is 0 Å². The Kier molecular flexibility index (Phi) is 10.6. The predicted octanol–water partition coefficient (Wildman–Crippen LogP) is 3.21. The number of amides is 2. The number of nitrogens with two attached hydrogens (primary N) is 2. The normalized spacial score (nSPS) is 14.9. The number of likely N-dealkylation sites (tertiary alicyclic amines) is 1. The molecule has 1 aromatic heterocycles. The molecule has 2 amide bonds. The highest BCUT2D eigenvalue weighted by atomic mass is 19.3. The number of piperidine rings is 1. The van der Waals surface area contributed by atoms with Gasteiger partial charge in [0.2, 0.25) is 11.8 Å². The summed E-state index contributed by atoms with van der Waals surface area (Å²) in [5, 5.41) is 5.36. The Morgan fingerprint density at radius 3 is 2.60 bits per heavy atom. The number of halogens is 3. The Labute approximate surface area is 229 Å². The molecular formula is C26H31F3N8O3. The maximum absolute atomic E-state index is 14.6. The molecule has 1 aliphatic heterocycles. The van der Waals surface area contributed by atoms with E-state index in [4.69, 9.17) is 16.2 Å². The van der Waals surface area contributed by atoms with Crippen LogP contribution in [0.5, 0.6) is 11.6 Å². The Morgan fingerprint density at radius 1 is 1.27 bits per heavy atom. The minimum absolute atomic E-state index is 0.105. The molecule has 6 N–H and O–H groups in total. The molecule has 0 aliphatic carbocycles. The minimum atomic E-state index is -2.39. The van der Waals surface area contributed by atoms with Crippen LogP contribution in [0.4, 0.5) is 24.7 Å². The van der Waals surface area contributed by atoms with Gasteiger partial charge in [-0.2, -0.15) is 4.98 Å². The number of alkyl halides is 2. The second-order valence-electron chi connectivity index (χ2n) is 8.78. The standard InChI is InChI=1S/C26H31F3N8O3/c1-3-19-26(40-20-11-16(5-6-18(20)27)33-22(38)4-2)36-25(23(35-19)24(31)39)34-17(12-30)13-32-15-7-9-37(10-8-15)14-21(28)29/h4-6,11-13,15,21H,2-3,7-10,14,30H2,1H3,(H2,31,39)(H,33,38)(H,34,36). The molecule has 0 atom stereocenters. The first kappa shape index (κ1) is 30.1. The van der Waals surface area contributed by atoms with Crippen LogP contribution >= 0.6 is 0 Å². The van der Waals surface area contributed by atoms with Crippen molar-refractivity contribution in [3.8, 4) is 11.6 Å². The summed E-state index contributed by atoms with van der Waals surface area (Å²) in [5.74, 6) is -2.57. The second kappa shape index (κ2) is 14.1. The van der Waals surface area contributed by atoms with Gasteiger partial charge >= 0.3 is 0 Å². The third-order valence-electron chi connectivity index (χ3n) is 5.91. The van der Waals surface area contributed by atoms with Crippen LogP contribution in [-0.4, -0.2) is 65.0 Å². The molecule has 1 saturated heterocycles. The molecule has 2 heterocycles. The molecule has 0 spiro atoms. The number of aliphatic imine (C=N–C) groups is 1. The van der Waals surface area contributed by atoms with Crippen LogP contribution < -0.4 is 26.8 Å². The first-order valence-electron chi connectivity index (χ1n) is 12.5. The average Bonchev–Trinajstić information content (AvgIpc) is 2.93. The first-order valence-corrected chi connectivity index (χ1v) is 12.5. The van der Waals surface area contributed by atoms with E-state index in [-0.39, 0.29) is 59.2 Å². The molecule has 40 heavy (non-hydrogen) atoms. The molecule has 0 unspecified atom stereocenters. The van der Waals surface area contributed by atoms with E-state index in [2.05, 4.69) is 32.2 Å². The first-order chi connectivity index (χ1) is 19.1. The van der Waals surface area contributed by atoms with Crippen LogP contribution in [0.15, 0.2) is 47.7 Å². The maximum atomic E-state index is 14.6. The number of carbonyl (C=O) groups is 2. The molecule has 214 valence electrons. The summed E-state index contributed by atoms with van der Waals surface area (Å²) in [7, 11) is 0. The number of nitrogens with one attached hydrogen (secondary N) is 2. The Balaban J connectivity index is 1.83. The van der Waals surface area contributed by atoms with E-state index in [1.165, 1.54) is 24.5 Å². The number of allylic oxidation sites excluding steroid dienone is 1. The van der Waals surface area contributed by atoms with Gasteiger partial charge in [-0.25, -0.2) is 18.2 Å². The van der Waals surface area contributed by atoms with Gasteiger partial charge in [-0.05, 0) is 37.5 Å². The molecule has 3 rings (SSSR count). The van der Waals surface area contributed by atoms with Crippen molar-refractivity contribution in [2.75, 3.05) is 30.3 Å². The molecule has 2 aromatic rings. The van der Waals surface area contributed by atoms with Gasteiger partial charge < -0.3 is 26.8 Å². The van der Waals surface area contributed by atoms with Crippen molar-refractivity contribution < 1.29 is 27.5 Å². The van der Waals surface area contributed by atoms with Gasteiger partial charge in [0.15, 0.2) is 23.1 Å². The number of carbonyl (C=O) groups excluding carboxylic acids is 2. The lowest BCUT2D eigenvalue weighted by molar-refractivity contribution is -0.111. The van der Waals surface area contributed by atoms with Crippen molar-refractivity contribution in [3.05, 3.63) is 60.0 Å². The lowest BCUT2D eigenvalue weighted by atomic mass is 10.1. The molecular weight excluding hydrogens is 529 g/mol. The Hall–Kier alpha value is -4.46. The minimum Gasteiger partial charge on any atom is -0.434 e. The maximum Gasteiger partial charge on any atom is 0.271 e. The number of anilines is 2. The summed E-state index contributed by atoms with van der Waals surface area (Å²) in [6.45, 7) is 5.82. The van der Waals surface area contributed by atoms with Gasteiger partial charge in [0, 0.05) is 37.3 Å². The van der Waals surface area contributed by atoms with Crippen molar-refractivity contribution in [1.29, 1.82) is 0 Å². The highest BCUT2D eigenvalue weighted by Gasteiger charge is 2.22. The number of aromatic nitrogens is 2. The Morgan fingerprint density at radius 2 is 2.00 bits per heavy atom. The lowest BCUT2D eigenvalue weighted by Crippen LogP contribution is -2.38. The molecule has 0 radical (unpaired) electrons. The van der Waals surface area contributed by atoms with E-state index in [1.54, 1.807) is 11.8 Å². The highest BCUT2D eigenvalue weighted by molar-refractivity contribution is 5.99. The van der Waals surface area contributed by atoms with Crippen LogP contribution in [0.25, 0.3) is 0 Å². The Bertz CT molecular complexity index is 1290. The molecule has 0 bridgehead atoms. The molecule has 1 aromatic carbocycles. The lowest BCUT2D eigenvalue weighted by Gasteiger charge is -2.29. The highest BCUT2D eigenvalue weighted by Crippen LogP contribution is 2.30. The zero-order valence-electron chi connectivity index (χ0n) is 21.9. The molecule has 1 fully saturated rings.